The van der Waals surface area contributed by atoms with Gasteiger partial charge in [0, 0.05) is 13.1 Å². The first-order valence-electron chi connectivity index (χ1n) is 5.32. The van der Waals surface area contributed by atoms with Gasteiger partial charge in [-0.1, -0.05) is 6.07 Å². The molecular weight excluding hydrogens is 234 g/mol. The minimum atomic E-state index is -0.508. The highest BCUT2D eigenvalue weighted by Gasteiger charge is 2.15. The maximum atomic E-state index is 11.9. The van der Waals surface area contributed by atoms with E-state index in [-0.39, 0.29) is 11.3 Å². The zero-order chi connectivity index (χ0) is 13.3. The lowest BCUT2D eigenvalue weighted by Gasteiger charge is -2.07. The molecule has 1 aromatic carbocycles. The van der Waals surface area contributed by atoms with Gasteiger partial charge >= 0.3 is 0 Å². The third-order valence-electron chi connectivity index (χ3n) is 2.50. The van der Waals surface area contributed by atoms with Crippen LogP contribution in [0.5, 0.6) is 11.5 Å². The maximum absolute atomic E-state index is 11.9. The summed E-state index contributed by atoms with van der Waals surface area (Å²) in [5.74, 6) is -0.760. The Kier molecular flexibility index (Phi) is 2.93. The fraction of sp³-hybridized carbons (Fsp3) is 0.167. The predicted molar refractivity (Wildman–Crippen MR) is 65.7 cm³/mol. The molecule has 1 heterocycles. The van der Waals surface area contributed by atoms with Crippen LogP contribution in [0.4, 0.5) is 5.82 Å². The smallest absolute Gasteiger partial charge is 0.260 e. The molecule has 0 radical (unpaired) electrons. The van der Waals surface area contributed by atoms with Gasteiger partial charge in [0.25, 0.3) is 5.91 Å². The summed E-state index contributed by atoms with van der Waals surface area (Å²) in [6, 6.07) is 5.92. The molecule has 0 bridgehead atoms. The van der Waals surface area contributed by atoms with E-state index in [9.17, 15) is 15.0 Å². The molecule has 1 aromatic heterocycles. The second kappa shape index (κ2) is 4.40. The largest absolute Gasteiger partial charge is 0.504 e. The molecular formula is C12H13N3O3. The van der Waals surface area contributed by atoms with Gasteiger partial charge in [-0.3, -0.25) is 9.48 Å². The molecule has 18 heavy (non-hydrogen) atoms. The first kappa shape index (κ1) is 12.0. The molecule has 0 aliphatic carbocycles. The van der Waals surface area contributed by atoms with Gasteiger partial charge in [-0.05, 0) is 19.1 Å². The fourth-order valence-electron chi connectivity index (χ4n) is 1.63. The van der Waals surface area contributed by atoms with Crippen LogP contribution in [-0.2, 0) is 7.05 Å². The number of carbonyl (C=O) groups excluding carboxylic acids is 1. The number of amides is 1. The van der Waals surface area contributed by atoms with E-state index in [1.807, 2.05) is 6.92 Å². The van der Waals surface area contributed by atoms with Crippen LogP contribution >= 0.6 is 0 Å². The zero-order valence-electron chi connectivity index (χ0n) is 10.0. The van der Waals surface area contributed by atoms with E-state index in [2.05, 4.69) is 10.4 Å². The van der Waals surface area contributed by atoms with Crippen molar-refractivity contribution in [1.29, 1.82) is 0 Å². The van der Waals surface area contributed by atoms with Gasteiger partial charge in [-0.2, -0.15) is 5.10 Å². The van der Waals surface area contributed by atoms with E-state index in [0.29, 0.717) is 5.82 Å². The molecule has 0 atom stereocenters. The van der Waals surface area contributed by atoms with E-state index < -0.39 is 11.7 Å². The van der Waals surface area contributed by atoms with Crippen molar-refractivity contribution in [2.75, 3.05) is 5.32 Å². The second-order valence-electron chi connectivity index (χ2n) is 3.92. The van der Waals surface area contributed by atoms with Crippen molar-refractivity contribution in [2.45, 2.75) is 6.92 Å². The minimum absolute atomic E-state index is 0.00820. The van der Waals surface area contributed by atoms with E-state index in [4.69, 9.17) is 0 Å². The van der Waals surface area contributed by atoms with Gasteiger partial charge in [0.05, 0.1) is 11.3 Å². The number of benzene rings is 1. The Bertz CT molecular complexity index is 605. The van der Waals surface area contributed by atoms with Crippen LogP contribution in [0.3, 0.4) is 0 Å². The predicted octanol–water partition coefficient (Wildman–Crippen LogP) is 1.39. The lowest BCUT2D eigenvalue weighted by molar-refractivity contribution is 0.102. The van der Waals surface area contributed by atoms with Crippen LogP contribution in [0.1, 0.15) is 16.1 Å². The van der Waals surface area contributed by atoms with Crippen LogP contribution in [0, 0.1) is 6.92 Å². The molecule has 2 rings (SSSR count). The van der Waals surface area contributed by atoms with Crippen molar-refractivity contribution in [3.05, 3.63) is 35.5 Å². The molecule has 6 nitrogen and oxygen atoms in total. The van der Waals surface area contributed by atoms with Gasteiger partial charge in [-0.25, -0.2) is 0 Å². The van der Waals surface area contributed by atoms with Gasteiger partial charge in [-0.15, -0.1) is 0 Å². The Morgan fingerprint density at radius 2 is 2.11 bits per heavy atom. The molecule has 1 amide bonds. The molecule has 94 valence electrons. The monoisotopic (exact) mass is 247 g/mol. The Hall–Kier alpha value is -2.50. The van der Waals surface area contributed by atoms with Crippen LogP contribution in [-0.4, -0.2) is 25.9 Å². The number of nitrogens with zero attached hydrogens (tertiary/aromatic N) is 2. The van der Waals surface area contributed by atoms with Crippen LogP contribution in [0.15, 0.2) is 24.3 Å². The van der Waals surface area contributed by atoms with Gasteiger partial charge in [0.15, 0.2) is 11.5 Å². The van der Waals surface area contributed by atoms with Crippen LogP contribution in [0.2, 0.25) is 0 Å². The number of anilines is 1. The maximum Gasteiger partial charge on any atom is 0.260 e. The summed E-state index contributed by atoms with van der Waals surface area (Å²) in [6.07, 6.45) is 0. The van der Waals surface area contributed by atoms with Crippen molar-refractivity contribution in [2.24, 2.45) is 7.05 Å². The molecule has 3 N–H and O–H groups in total. The number of aromatic hydroxyl groups is 2. The van der Waals surface area contributed by atoms with Crippen LogP contribution in [0.25, 0.3) is 0 Å². The number of rotatable bonds is 2. The van der Waals surface area contributed by atoms with Crippen molar-refractivity contribution in [1.82, 2.24) is 9.78 Å². The first-order chi connectivity index (χ1) is 8.49. The molecule has 0 aliphatic heterocycles. The van der Waals surface area contributed by atoms with Crippen molar-refractivity contribution in [3.8, 4) is 11.5 Å². The van der Waals surface area contributed by atoms with Crippen LogP contribution < -0.4 is 5.32 Å². The van der Waals surface area contributed by atoms with E-state index in [1.165, 1.54) is 22.9 Å². The number of nitrogens with one attached hydrogen (secondary N) is 1. The topological polar surface area (TPSA) is 87.4 Å². The summed E-state index contributed by atoms with van der Waals surface area (Å²) >= 11 is 0. The number of carbonyl (C=O) groups is 1. The number of hydrogen-bond acceptors (Lipinski definition) is 4. The standard InChI is InChI=1S/C12H13N3O3/c1-7-6-10(15(2)14-7)13-12(18)8-4-3-5-9(16)11(8)17/h3-6,16-17H,1-2H3,(H,13,18). The quantitative estimate of drug-likeness (QED) is 0.700. The van der Waals surface area contributed by atoms with E-state index in [1.54, 1.807) is 13.1 Å². The van der Waals surface area contributed by atoms with Crippen molar-refractivity contribution in [3.63, 3.8) is 0 Å². The van der Waals surface area contributed by atoms with Crippen molar-refractivity contribution < 1.29 is 15.0 Å². The summed E-state index contributed by atoms with van der Waals surface area (Å²) in [5, 5.41) is 25.6. The number of aromatic nitrogens is 2. The summed E-state index contributed by atoms with van der Waals surface area (Å²) < 4.78 is 1.52. The lowest BCUT2D eigenvalue weighted by atomic mass is 10.1. The average molecular weight is 247 g/mol. The summed E-state index contributed by atoms with van der Waals surface area (Å²) in [7, 11) is 1.70. The molecule has 0 saturated carbocycles. The second-order valence-corrected chi connectivity index (χ2v) is 3.92. The zero-order valence-corrected chi connectivity index (χ0v) is 10.0. The van der Waals surface area contributed by atoms with Gasteiger partial charge in [0.2, 0.25) is 0 Å². The normalized spacial score (nSPS) is 10.3. The Morgan fingerprint density at radius 3 is 2.72 bits per heavy atom. The molecule has 0 spiro atoms. The summed E-state index contributed by atoms with van der Waals surface area (Å²) in [4.78, 5) is 11.9. The number of hydrogen-bond donors (Lipinski definition) is 3. The van der Waals surface area contributed by atoms with E-state index in [0.717, 1.165) is 5.69 Å². The molecule has 0 fully saturated rings. The molecule has 0 saturated heterocycles. The minimum Gasteiger partial charge on any atom is -0.504 e. The number of phenols is 2. The highest BCUT2D eigenvalue weighted by Crippen LogP contribution is 2.28. The molecule has 0 unspecified atom stereocenters. The first-order valence-corrected chi connectivity index (χ1v) is 5.32. The fourth-order valence-corrected chi connectivity index (χ4v) is 1.63. The Balaban J connectivity index is 2.27. The average Bonchev–Trinajstić information content (AvgIpc) is 2.61. The van der Waals surface area contributed by atoms with E-state index >= 15 is 0 Å². The number of para-hydroxylation sites is 1. The van der Waals surface area contributed by atoms with Gasteiger partial charge < -0.3 is 15.5 Å². The third kappa shape index (κ3) is 2.13. The number of aryl methyl sites for hydroxylation is 2. The summed E-state index contributed by atoms with van der Waals surface area (Å²) in [5.41, 5.74) is 0.779. The highest BCUT2D eigenvalue weighted by atomic mass is 16.3. The van der Waals surface area contributed by atoms with Gasteiger partial charge in [0.1, 0.15) is 5.82 Å². The molecule has 2 aromatic rings. The Labute approximate surface area is 103 Å². The van der Waals surface area contributed by atoms with Crippen molar-refractivity contribution >= 4 is 11.7 Å². The number of phenolic OH excluding ortho intramolecular Hbond substituents is 2. The Morgan fingerprint density at radius 1 is 1.39 bits per heavy atom. The third-order valence-corrected chi connectivity index (χ3v) is 2.50. The molecule has 0 aliphatic rings. The SMILES string of the molecule is Cc1cc(NC(=O)c2cccc(O)c2O)n(C)n1. The lowest BCUT2D eigenvalue weighted by Crippen LogP contribution is -2.14. The highest BCUT2D eigenvalue weighted by molar-refractivity contribution is 6.06. The molecule has 6 heteroatoms. The summed E-state index contributed by atoms with van der Waals surface area (Å²) in [6.45, 7) is 1.81.